The summed E-state index contributed by atoms with van der Waals surface area (Å²) in [4.78, 5) is 13.8. The van der Waals surface area contributed by atoms with Gasteiger partial charge < -0.3 is 16.4 Å². The molecule has 0 unspecified atom stereocenters. The number of hydrogen-bond acceptors (Lipinski definition) is 3. The Kier molecular flexibility index (Phi) is 3.66. The average Bonchev–Trinajstić information content (AvgIpc) is 2.14. The maximum Gasteiger partial charge on any atom is 0.255 e. The minimum Gasteiger partial charge on any atom is -0.399 e. The van der Waals surface area contributed by atoms with Crippen LogP contribution in [0.4, 0.5) is 11.4 Å². The fraction of sp³-hybridized carbons (Fsp3) is 0.462. The Labute approximate surface area is 103 Å². The first-order valence-electron chi connectivity index (χ1n) is 5.61. The first-order valence-corrected chi connectivity index (χ1v) is 5.61. The van der Waals surface area contributed by atoms with Gasteiger partial charge in [-0.2, -0.15) is 0 Å². The van der Waals surface area contributed by atoms with E-state index < -0.39 is 0 Å². The molecule has 1 aromatic rings. The monoisotopic (exact) mass is 235 g/mol. The molecule has 0 aliphatic rings. The van der Waals surface area contributed by atoms with Gasteiger partial charge in [-0.05, 0) is 23.6 Å². The van der Waals surface area contributed by atoms with E-state index in [9.17, 15) is 4.79 Å². The molecule has 0 radical (unpaired) electrons. The normalized spacial score (nSPS) is 11.3. The van der Waals surface area contributed by atoms with Crippen LogP contribution in [0.15, 0.2) is 18.2 Å². The van der Waals surface area contributed by atoms with E-state index in [2.05, 4.69) is 20.8 Å². The lowest BCUT2D eigenvalue weighted by atomic mass is 9.96. The van der Waals surface area contributed by atoms with Crippen LogP contribution in [0, 0.1) is 5.41 Å². The molecule has 0 saturated carbocycles. The quantitative estimate of drug-likeness (QED) is 0.770. The summed E-state index contributed by atoms with van der Waals surface area (Å²) in [6.07, 6.45) is 0. The van der Waals surface area contributed by atoms with Gasteiger partial charge in [0.1, 0.15) is 0 Å². The van der Waals surface area contributed by atoms with Gasteiger partial charge in [0, 0.05) is 25.0 Å². The number of rotatable bonds is 2. The van der Waals surface area contributed by atoms with Gasteiger partial charge in [0.25, 0.3) is 5.91 Å². The van der Waals surface area contributed by atoms with Crippen LogP contribution in [0.3, 0.4) is 0 Å². The number of nitrogen functional groups attached to an aromatic ring is 2. The van der Waals surface area contributed by atoms with Crippen LogP contribution in [-0.4, -0.2) is 24.4 Å². The molecule has 1 aromatic carbocycles. The zero-order valence-corrected chi connectivity index (χ0v) is 10.9. The molecule has 1 rings (SSSR count). The van der Waals surface area contributed by atoms with Crippen molar-refractivity contribution >= 4 is 17.3 Å². The van der Waals surface area contributed by atoms with Crippen LogP contribution in [0.5, 0.6) is 0 Å². The van der Waals surface area contributed by atoms with E-state index in [0.717, 1.165) is 0 Å². The Balaban J connectivity index is 2.89. The highest BCUT2D eigenvalue weighted by atomic mass is 16.2. The van der Waals surface area contributed by atoms with Crippen molar-refractivity contribution in [3.05, 3.63) is 23.8 Å². The predicted molar refractivity (Wildman–Crippen MR) is 71.7 cm³/mol. The number of anilines is 2. The fourth-order valence-corrected chi connectivity index (χ4v) is 1.76. The molecule has 1 amide bonds. The van der Waals surface area contributed by atoms with Crippen LogP contribution in [0.25, 0.3) is 0 Å². The van der Waals surface area contributed by atoms with E-state index in [0.29, 0.717) is 23.5 Å². The summed E-state index contributed by atoms with van der Waals surface area (Å²) in [5, 5.41) is 0. The topological polar surface area (TPSA) is 72.3 Å². The van der Waals surface area contributed by atoms with Crippen molar-refractivity contribution in [1.82, 2.24) is 4.90 Å². The van der Waals surface area contributed by atoms with Crippen LogP contribution in [0.2, 0.25) is 0 Å². The average molecular weight is 235 g/mol. The van der Waals surface area contributed by atoms with Crippen molar-refractivity contribution < 1.29 is 4.79 Å². The second kappa shape index (κ2) is 4.65. The summed E-state index contributed by atoms with van der Waals surface area (Å²) < 4.78 is 0. The van der Waals surface area contributed by atoms with Crippen molar-refractivity contribution in [2.75, 3.05) is 25.1 Å². The van der Waals surface area contributed by atoms with Gasteiger partial charge in [0.15, 0.2) is 0 Å². The Bertz CT molecular complexity index is 421. The summed E-state index contributed by atoms with van der Waals surface area (Å²) in [5.41, 5.74) is 13.0. The molecule has 0 spiro atoms. The number of hydrogen-bond donors (Lipinski definition) is 2. The molecule has 0 atom stereocenters. The molecule has 0 heterocycles. The Hall–Kier alpha value is -1.71. The summed E-state index contributed by atoms with van der Waals surface area (Å²) in [6, 6.07) is 4.97. The van der Waals surface area contributed by atoms with Crippen LogP contribution >= 0.6 is 0 Å². The molecule has 0 aliphatic carbocycles. The van der Waals surface area contributed by atoms with Gasteiger partial charge >= 0.3 is 0 Å². The lowest BCUT2D eigenvalue weighted by Gasteiger charge is -2.27. The summed E-state index contributed by atoms with van der Waals surface area (Å²) in [5.74, 6) is -0.0718. The molecule has 17 heavy (non-hydrogen) atoms. The molecule has 0 saturated heterocycles. The Morgan fingerprint density at radius 2 is 1.88 bits per heavy atom. The maximum absolute atomic E-state index is 12.2. The molecule has 4 heteroatoms. The summed E-state index contributed by atoms with van der Waals surface area (Å²) in [6.45, 7) is 6.94. The van der Waals surface area contributed by atoms with Gasteiger partial charge in [-0.1, -0.05) is 20.8 Å². The van der Waals surface area contributed by atoms with E-state index in [4.69, 9.17) is 11.5 Å². The van der Waals surface area contributed by atoms with Crippen molar-refractivity contribution in [3.63, 3.8) is 0 Å². The first kappa shape index (κ1) is 13.4. The lowest BCUT2D eigenvalue weighted by Crippen LogP contribution is -2.34. The van der Waals surface area contributed by atoms with Crippen molar-refractivity contribution in [1.29, 1.82) is 0 Å². The van der Waals surface area contributed by atoms with E-state index >= 15 is 0 Å². The van der Waals surface area contributed by atoms with E-state index in [1.807, 2.05) is 0 Å². The molecule has 0 fully saturated rings. The summed E-state index contributed by atoms with van der Waals surface area (Å²) >= 11 is 0. The fourth-order valence-electron chi connectivity index (χ4n) is 1.76. The largest absolute Gasteiger partial charge is 0.399 e. The third-order valence-corrected chi connectivity index (χ3v) is 2.36. The van der Waals surface area contributed by atoms with E-state index in [-0.39, 0.29) is 11.3 Å². The highest BCUT2D eigenvalue weighted by molar-refractivity contribution is 5.99. The van der Waals surface area contributed by atoms with Crippen LogP contribution < -0.4 is 11.5 Å². The van der Waals surface area contributed by atoms with Crippen LogP contribution in [-0.2, 0) is 0 Å². The van der Waals surface area contributed by atoms with Gasteiger partial charge in [0.2, 0.25) is 0 Å². The number of benzene rings is 1. The third-order valence-electron chi connectivity index (χ3n) is 2.36. The molecular formula is C13H21N3O. The lowest BCUT2D eigenvalue weighted by molar-refractivity contribution is 0.0746. The van der Waals surface area contributed by atoms with Crippen molar-refractivity contribution in [2.24, 2.45) is 5.41 Å². The van der Waals surface area contributed by atoms with Gasteiger partial charge in [-0.3, -0.25) is 4.79 Å². The number of carbonyl (C=O) groups excluding carboxylic acids is 1. The number of nitrogens with two attached hydrogens (primary N) is 2. The molecular weight excluding hydrogens is 214 g/mol. The molecule has 0 aliphatic heterocycles. The number of nitrogens with zero attached hydrogens (tertiary/aromatic N) is 1. The van der Waals surface area contributed by atoms with Gasteiger partial charge in [-0.25, -0.2) is 0 Å². The van der Waals surface area contributed by atoms with Crippen molar-refractivity contribution in [3.8, 4) is 0 Å². The molecule has 0 bridgehead atoms. The minimum atomic E-state index is -0.0718. The SMILES string of the molecule is CN(CC(C)(C)C)C(=O)c1ccc(N)cc1N. The van der Waals surface area contributed by atoms with Gasteiger partial charge in [0.05, 0.1) is 5.56 Å². The Morgan fingerprint density at radius 1 is 1.29 bits per heavy atom. The molecule has 94 valence electrons. The number of amides is 1. The third kappa shape index (κ3) is 3.66. The second-order valence-electron chi connectivity index (χ2n) is 5.57. The summed E-state index contributed by atoms with van der Waals surface area (Å²) in [7, 11) is 1.78. The molecule has 4 nitrogen and oxygen atoms in total. The van der Waals surface area contributed by atoms with E-state index in [1.165, 1.54) is 0 Å². The Morgan fingerprint density at radius 3 is 2.35 bits per heavy atom. The second-order valence-corrected chi connectivity index (χ2v) is 5.57. The minimum absolute atomic E-state index is 0.0625. The zero-order chi connectivity index (χ0) is 13.2. The smallest absolute Gasteiger partial charge is 0.255 e. The van der Waals surface area contributed by atoms with Gasteiger partial charge in [-0.15, -0.1) is 0 Å². The zero-order valence-electron chi connectivity index (χ0n) is 10.9. The predicted octanol–water partition coefficient (Wildman–Crippen LogP) is 1.97. The van der Waals surface area contributed by atoms with Crippen LogP contribution in [0.1, 0.15) is 31.1 Å². The van der Waals surface area contributed by atoms with E-state index in [1.54, 1.807) is 30.1 Å². The molecule has 0 aromatic heterocycles. The maximum atomic E-state index is 12.2. The standard InChI is InChI=1S/C13H21N3O/c1-13(2,3)8-16(4)12(17)10-6-5-9(14)7-11(10)15/h5-7H,8,14-15H2,1-4H3. The highest BCUT2D eigenvalue weighted by Crippen LogP contribution is 2.20. The first-order chi connectivity index (χ1) is 7.70. The molecule has 4 N–H and O–H groups in total. The highest BCUT2D eigenvalue weighted by Gasteiger charge is 2.20. The number of carbonyl (C=O) groups is 1. The van der Waals surface area contributed by atoms with Crippen molar-refractivity contribution in [2.45, 2.75) is 20.8 Å².